The zero-order valence-electron chi connectivity index (χ0n) is 5.81. The normalized spacial score (nSPS) is 11.9. The number of aromatic amines is 1. The van der Waals surface area contributed by atoms with Crippen molar-refractivity contribution in [3.8, 4) is 0 Å². The van der Waals surface area contributed by atoms with Gasteiger partial charge in [0, 0.05) is 11.9 Å². The smallest absolute Gasteiger partial charge is 0.0504 e. The van der Waals surface area contributed by atoms with Crippen LogP contribution in [0.25, 0.3) is 0 Å². The maximum atomic E-state index is 5.77. The van der Waals surface area contributed by atoms with E-state index in [0.29, 0.717) is 0 Å². The molecule has 0 unspecified atom stereocenters. The van der Waals surface area contributed by atoms with Crippen molar-refractivity contribution in [1.29, 1.82) is 0 Å². The highest BCUT2D eigenvalue weighted by atomic mass is 14.8. The summed E-state index contributed by atoms with van der Waals surface area (Å²) in [5.41, 5.74) is 6.61. The monoisotopic (exact) mass is 124 g/mol. The van der Waals surface area contributed by atoms with Crippen LogP contribution in [0.3, 0.4) is 0 Å². The van der Waals surface area contributed by atoms with Gasteiger partial charge in [-0.3, -0.25) is 0 Å². The number of hydrogen-bond donors (Lipinski definition) is 2. The molecule has 2 nitrogen and oxygen atoms in total. The van der Waals surface area contributed by atoms with Crippen molar-refractivity contribution in [3.05, 3.63) is 24.0 Å². The Morgan fingerprint density at radius 1 is 1.56 bits per heavy atom. The van der Waals surface area contributed by atoms with Crippen LogP contribution in [0.4, 0.5) is 0 Å². The first-order chi connectivity index (χ1) is 4.11. The number of H-pyrrole nitrogens is 1. The van der Waals surface area contributed by atoms with Gasteiger partial charge in [0.05, 0.1) is 5.54 Å². The first-order valence-electron chi connectivity index (χ1n) is 3.03. The molecule has 0 aromatic carbocycles. The molecule has 2 heteroatoms. The molecular formula is C7H12N2. The van der Waals surface area contributed by atoms with Crippen LogP contribution in [0.5, 0.6) is 0 Å². The summed E-state index contributed by atoms with van der Waals surface area (Å²) in [5, 5.41) is 0. The summed E-state index contributed by atoms with van der Waals surface area (Å²) >= 11 is 0. The lowest BCUT2D eigenvalue weighted by molar-refractivity contribution is 0.538. The first-order valence-corrected chi connectivity index (χ1v) is 3.03. The van der Waals surface area contributed by atoms with E-state index >= 15 is 0 Å². The van der Waals surface area contributed by atoms with E-state index in [-0.39, 0.29) is 5.54 Å². The van der Waals surface area contributed by atoms with Crippen LogP contribution in [0.1, 0.15) is 19.5 Å². The predicted octanol–water partition coefficient (Wildman–Crippen LogP) is 1.21. The lowest BCUT2D eigenvalue weighted by Crippen LogP contribution is -2.28. The standard InChI is InChI=1S/C7H12N2/c1-7(2,8)6-4-3-5-9-6/h3-5,9H,8H2,1-2H3. The third kappa shape index (κ3) is 1.33. The van der Waals surface area contributed by atoms with Gasteiger partial charge in [-0.15, -0.1) is 0 Å². The fourth-order valence-electron chi connectivity index (χ4n) is 0.731. The van der Waals surface area contributed by atoms with Crippen molar-refractivity contribution in [2.75, 3.05) is 0 Å². The molecule has 1 aromatic rings. The zero-order valence-corrected chi connectivity index (χ0v) is 5.81. The van der Waals surface area contributed by atoms with Gasteiger partial charge >= 0.3 is 0 Å². The van der Waals surface area contributed by atoms with E-state index in [9.17, 15) is 0 Å². The molecule has 1 heterocycles. The molecule has 0 bridgehead atoms. The predicted molar refractivity (Wildman–Crippen MR) is 38.0 cm³/mol. The maximum Gasteiger partial charge on any atom is 0.0504 e. The Hall–Kier alpha value is -0.760. The third-order valence-corrected chi connectivity index (χ3v) is 1.29. The molecule has 0 saturated carbocycles. The fraction of sp³-hybridized carbons (Fsp3) is 0.429. The van der Waals surface area contributed by atoms with Gasteiger partial charge in [-0.25, -0.2) is 0 Å². The van der Waals surface area contributed by atoms with Crippen LogP contribution in [0.15, 0.2) is 18.3 Å². The average Bonchev–Trinajstić information content (AvgIpc) is 2.08. The summed E-state index contributed by atoms with van der Waals surface area (Å²) < 4.78 is 0. The Morgan fingerprint density at radius 3 is 2.44 bits per heavy atom. The van der Waals surface area contributed by atoms with Crippen molar-refractivity contribution in [1.82, 2.24) is 4.98 Å². The van der Waals surface area contributed by atoms with Crippen molar-refractivity contribution in [2.45, 2.75) is 19.4 Å². The molecule has 0 aliphatic carbocycles. The summed E-state index contributed by atoms with van der Waals surface area (Å²) in [6.45, 7) is 3.94. The fourth-order valence-corrected chi connectivity index (χ4v) is 0.731. The lowest BCUT2D eigenvalue weighted by atomic mass is 10.0. The van der Waals surface area contributed by atoms with Crippen LogP contribution < -0.4 is 5.73 Å². The van der Waals surface area contributed by atoms with E-state index in [1.54, 1.807) is 0 Å². The van der Waals surface area contributed by atoms with Crippen molar-refractivity contribution in [3.63, 3.8) is 0 Å². The molecule has 9 heavy (non-hydrogen) atoms. The number of hydrogen-bond acceptors (Lipinski definition) is 1. The molecule has 0 aliphatic rings. The number of nitrogens with two attached hydrogens (primary N) is 1. The van der Waals surface area contributed by atoms with Gasteiger partial charge in [-0.2, -0.15) is 0 Å². The quantitative estimate of drug-likeness (QED) is 0.580. The SMILES string of the molecule is CC(C)(N)c1ccc[nH]1. The molecule has 50 valence electrons. The summed E-state index contributed by atoms with van der Waals surface area (Å²) in [6.07, 6.45) is 1.88. The number of rotatable bonds is 1. The molecule has 3 N–H and O–H groups in total. The van der Waals surface area contributed by atoms with Crippen molar-refractivity contribution < 1.29 is 0 Å². The summed E-state index contributed by atoms with van der Waals surface area (Å²) in [5.74, 6) is 0. The average molecular weight is 124 g/mol. The van der Waals surface area contributed by atoms with Gasteiger partial charge in [-0.1, -0.05) is 0 Å². The molecule has 1 rings (SSSR count). The Morgan fingerprint density at radius 2 is 2.22 bits per heavy atom. The largest absolute Gasteiger partial charge is 0.363 e. The Balaban J connectivity index is 2.90. The van der Waals surface area contributed by atoms with E-state index in [1.807, 2.05) is 32.2 Å². The van der Waals surface area contributed by atoms with Crippen molar-refractivity contribution >= 4 is 0 Å². The van der Waals surface area contributed by atoms with E-state index in [4.69, 9.17) is 5.73 Å². The molecule has 0 spiro atoms. The summed E-state index contributed by atoms with van der Waals surface area (Å²) in [4.78, 5) is 3.05. The molecule has 0 saturated heterocycles. The van der Waals surface area contributed by atoms with Gasteiger partial charge in [0.25, 0.3) is 0 Å². The Bertz CT molecular complexity index is 169. The second-order valence-electron chi connectivity index (χ2n) is 2.81. The second kappa shape index (κ2) is 1.88. The van der Waals surface area contributed by atoms with Gasteiger partial charge in [0.1, 0.15) is 0 Å². The Labute approximate surface area is 55.1 Å². The van der Waals surface area contributed by atoms with Gasteiger partial charge in [-0.05, 0) is 26.0 Å². The second-order valence-corrected chi connectivity index (χ2v) is 2.81. The highest BCUT2D eigenvalue weighted by Crippen LogP contribution is 2.12. The topological polar surface area (TPSA) is 41.8 Å². The van der Waals surface area contributed by atoms with E-state index < -0.39 is 0 Å². The molecule has 0 fully saturated rings. The summed E-state index contributed by atoms with van der Waals surface area (Å²) in [7, 11) is 0. The van der Waals surface area contributed by atoms with Crippen LogP contribution in [0.2, 0.25) is 0 Å². The van der Waals surface area contributed by atoms with Crippen LogP contribution in [0, 0.1) is 0 Å². The molecule has 0 radical (unpaired) electrons. The summed E-state index contributed by atoms with van der Waals surface area (Å²) in [6, 6.07) is 3.93. The van der Waals surface area contributed by atoms with Gasteiger partial charge < -0.3 is 10.7 Å². The maximum absolute atomic E-state index is 5.77. The number of nitrogens with one attached hydrogen (secondary N) is 1. The van der Waals surface area contributed by atoms with Crippen LogP contribution in [-0.4, -0.2) is 4.98 Å². The van der Waals surface area contributed by atoms with E-state index in [0.717, 1.165) is 5.69 Å². The van der Waals surface area contributed by atoms with E-state index in [2.05, 4.69) is 4.98 Å². The molecule has 1 aromatic heterocycles. The highest BCUT2D eigenvalue weighted by molar-refractivity contribution is 5.12. The van der Waals surface area contributed by atoms with Crippen LogP contribution >= 0.6 is 0 Å². The molecular weight excluding hydrogens is 112 g/mol. The minimum absolute atomic E-state index is 0.233. The zero-order chi connectivity index (χ0) is 6.91. The molecule has 0 atom stereocenters. The van der Waals surface area contributed by atoms with Crippen molar-refractivity contribution in [2.24, 2.45) is 5.73 Å². The van der Waals surface area contributed by atoms with Gasteiger partial charge in [0.2, 0.25) is 0 Å². The van der Waals surface area contributed by atoms with Crippen LogP contribution in [-0.2, 0) is 5.54 Å². The first kappa shape index (κ1) is 6.36. The minimum atomic E-state index is -0.233. The Kier molecular flexibility index (Phi) is 1.33. The van der Waals surface area contributed by atoms with E-state index in [1.165, 1.54) is 0 Å². The highest BCUT2D eigenvalue weighted by Gasteiger charge is 2.13. The third-order valence-electron chi connectivity index (χ3n) is 1.29. The minimum Gasteiger partial charge on any atom is -0.363 e. The molecule has 0 amide bonds. The molecule has 0 aliphatic heterocycles. The lowest BCUT2D eigenvalue weighted by Gasteiger charge is -2.15. The number of aromatic nitrogens is 1. The van der Waals surface area contributed by atoms with Gasteiger partial charge in [0.15, 0.2) is 0 Å².